The molecule has 13 heavy (non-hydrogen) atoms. The molecule has 3 heteroatoms. The summed E-state index contributed by atoms with van der Waals surface area (Å²) in [5.74, 6) is 0.761. The molecular weight excluding hydrogens is 232 g/mol. The van der Waals surface area contributed by atoms with Crippen LogP contribution in [0.1, 0.15) is 18.1 Å². The molecule has 0 aromatic heterocycles. The first-order valence-corrected chi connectivity index (χ1v) is 5.01. The molecule has 0 radical (unpaired) electrons. The zero-order valence-corrected chi connectivity index (χ0v) is 9.39. The van der Waals surface area contributed by atoms with Crippen LogP contribution in [0.3, 0.4) is 0 Å². The van der Waals surface area contributed by atoms with Crippen LogP contribution in [-0.4, -0.2) is 11.7 Å². The highest BCUT2D eigenvalue weighted by Crippen LogP contribution is 2.27. The van der Waals surface area contributed by atoms with E-state index in [-0.39, 0.29) is 6.61 Å². The van der Waals surface area contributed by atoms with Gasteiger partial charge >= 0.3 is 0 Å². The van der Waals surface area contributed by atoms with Gasteiger partial charge < -0.3 is 9.84 Å². The van der Waals surface area contributed by atoms with Crippen LogP contribution >= 0.6 is 15.9 Å². The Morgan fingerprint density at radius 3 is 2.69 bits per heavy atom. The number of aliphatic hydroxyl groups is 1. The third-order valence-electron chi connectivity index (χ3n) is 1.85. The number of ether oxygens (including phenoxy) is 1. The van der Waals surface area contributed by atoms with Crippen molar-refractivity contribution in [3.63, 3.8) is 0 Å². The monoisotopic (exact) mass is 244 g/mol. The molecule has 1 rings (SSSR count). The van der Waals surface area contributed by atoms with Crippen LogP contribution < -0.4 is 4.74 Å². The average Bonchev–Trinajstić information content (AvgIpc) is 2.04. The number of aliphatic hydroxyl groups excluding tert-OH is 1. The molecule has 0 heterocycles. The van der Waals surface area contributed by atoms with Gasteiger partial charge in [-0.2, -0.15) is 0 Å². The lowest BCUT2D eigenvalue weighted by atomic mass is 10.1. The van der Waals surface area contributed by atoms with Gasteiger partial charge in [0.25, 0.3) is 0 Å². The molecule has 0 aliphatic rings. The Labute approximate surface area is 86.7 Å². The summed E-state index contributed by atoms with van der Waals surface area (Å²) >= 11 is 3.38. The molecule has 0 saturated heterocycles. The minimum atomic E-state index is 0.0223. The molecule has 0 amide bonds. The van der Waals surface area contributed by atoms with Crippen LogP contribution in [-0.2, 0) is 6.61 Å². The minimum Gasteiger partial charge on any atom is -0.493 e. The Kier molecular flexibility index (Phi) is 3.75. The SMILES string of the molecule is CCOc1cc(Br)cc(C)c1CO. The number of hydrogen-bond donors (Lipinski definition) is 1. The molecular formula is C10H13BrO2. The van der Waals surface area contributed by atoms with E-state index in [0.29, 0.717) is 6.61 Å². The van der Waals surface area contributed by atoms with Crippen molar-refractivity contribution in [3.8, 4) is 5.75 Å². The van der Waals surface area contributed by atoms with Crippen molar-refractivity contribution >= 4 is 15.9 Å². The first-order valence-electron chi connectivity index (χ1n) is 4.21. The van der Waals surface area contributed by atoms with Crippen molar-refractivity contribution in [2.24, 2.45) is 0 Å². The minimum absolute atomic E-state index is 0.0223. The average molecular weight is 245 g/mol. The molecule has 0 saturated carbocycles. The van der Waals surface area contributed by atoms with Gasteiger partial charge in [-0.05, 0) is 31.5 Å². The predicted molar refractivity (Wildman–Crippen MR) is 56.0 cm³/mol. The van der Waals surface area contributed by atoms with E-state index in [2.05, 4.69) is 15.9 Å². The summed E-state index contributed by atoms with van der Waals surface area (Å²) in [6, 6.07) is 3.84. The summed E-state index contributed by atoms with van der Waals surface area (Å²) in [7, 11) is 0. The summed E-state index contributed by atoms with van der Waals surface area (Å²) in [6.45, 7) is 4.52. The van der Waals surface area contributed by atoms with E-state index in [1.165, 1.54) is 0 Å². The van der Waals surface area contributed by atoms with Crippen molar-refractivity contribution in [2.45, 2.75) is 20.5 Å². The first-order chi connectivity index (χ1) is 6.19. The standard InChI is InChI=1S/C10H13BrO2/c1-3-13-10-5-8(11)4-7(2)9(10)6-12/h4-5,12H,3,6H2,1-2H3. The van der Waals surface area contributed by atoms with Gasteiger partial charge in [-0.1, -0.05) is 15.9 Å². The third-order valence-corrected chi connectivity index (χ3v) is 2.31. The Bertz CT molecular complexity index is 297. The maximum atomic E-state index is 9.12. The summed E-state index contributed by atoms with van der Waals surface area (Å²) in [5, 5.41) is 9.12. The Hall–Kier alpha value is -0.540. The largest absolute Gasteiger partial charge is 0.493 e. The Morgan fingerprint density at radius 1 is 1.46 bits per heavy atom. The molecule has 2 nitrogen and oxygen atoms in total. The van der Waals surface area contributed by atoms with Gasteiger partial charge in [0.2, 0.25) is 0 Å². The molecule has 72 valence electrons. The van der Waals surface area contributed by atoms with E-state index >= 15 is 0 Å². The number of benzene rings is 1. The fourth-order valence-electron chi connectivity index (χ4n) is 1.23. The quantitative estimate of drug-likeness (QED) is 0.886. The van der Waals surface area contributed by atoms with Crippen LogP contribution in [0.5, 0.6) is 5.75 Å². The molecule has 0 bridgehead atoms. The molecule has 0 aliphatic heterocycles. The molecule has 0 aliphatic carbocycles. The molecule has 1 N–H and O–H groups in total. The zero-order valence-electron chi connectivity index (χ0n) is 7.80. The van der Waals surface area contributed by atoms with Crippen molar-refractivity contribution in [1.82, 2.24) is 0 Å². The van der Waals surface area contributed by atoms with Crippen LogP contribution in [0.15, 0.2) is 16.6 Å². The normalized spacial score (nSPS) is 10.2. The fourth-order valence-corrected chi connectivity index (χ4v) is 1.78. The summed E-state index contributed by atoms with van der Waals surface area (Å²) in [5.41, 5.74) is 1.91. The van der Waals surface area contributed by atoms with E-state index < -0.39 is 0 Å². The van der Waals surface area contributed by atoms with Crippen LogP contribution in [0, 0.1) is 6.92 Å². The van der Waals surface area contributed by atoms with Crippen molar-refractivity contribution in [2.75, 3.05) is 6.61 Å². The number of hydrogen-bond acceptors (Lipinski definition) is 2. The third kappa shape index (κ3) is 2.45. The second kappa shape index (κ2) is 4.63. The molecule has 0 unspecified atom stereocenters. The fraction of sp³-hybridized carbons (Fsp3) is 0.400. The van der Waals surface area contributed by atoms with Crippen molar-refractivity contribution in [3.05, 3.63) is 27.7 Å². The van der Waals surface area contributed by atoms with Gasteiger partial charge in [0.1, 0.15) is 5.75 Å². The smallest absolute Gasteiger partial charge is 0.126 e. The Morgan fingerprint density at radius 2 is 2.15 bits per heavy atom. The van der Waals surface area contributed by atoms with Crippen LogP contribution in [0.25, 0.3) is 0 Å². The molecule has 0 spiro atoms. The highest BCUT2D eigenvalue weighted by molar-refractivity contribution is 9.10. The van der Waals surface area contributed by atoms with Crippen molar-refractivity contribution in [1.29, 1.82) is 0 Å². The van der Waals surface area contributed by atoms with Gasteiger partial charge in [-0.15, -0.1) is 0 Å². The highest BCUT2D eigenvalue weighted by Gasteiger charge is 2.06. The lowest BCUT2D eigenvalue weighted by molar-refractivity contribution is 0.266. The summed E-state index contributed by atoms with van der Waals surface area (Å²) in [4.78, 5) is 0. The maximum Gasteiger partial charge on any atom is 0.126 e. The predicted octanol–water partition coefficient (Wildman–Crippen LogP) is 2.65. The summed E-state index contributed by atoms with van der Waals surface area (Å²) < 4.78 is 6.38. The number of rotatable bonds is 3. The zero-order chi connectivity index (χ0) is 9.84. The lowest BCUT2D eigenvalue weighted by Crippen LogP contribution is -1.99. The van der Waals surface area contributed by atoms with Gasteiger partial charge in [-0.25, -0.2) is 0 Å². The number of halogens is 1. The van der Waals surface area contributed by atoms with E-state index in [1.807, 2.05) is 26.0 Å². The lowest BCUT2D eigenvalue weighted by Gasteiger charge is -2.11. The van der Waals surface area contributed by atoms with E-state index in [9.17, 15) is 0 Å². The second-order valence-electron chi connectivity index (χ2n) is 2.79. The number of aryl methyl sites for hydroxylation is 1. The molecule has 0 atom stereocenters. The second-order valence-corrected chi connectivity index (χ2v) is 3.71. The molecule has 1 aromatic rings. The van der Waals surface area contributed by atoms with Gasteiger partial charge in [0.15, 0.2) is 0 Å². The highest BCUT2D eigenvalue weighted by atomic mass is 79.9. The summed E-state index contributed by atoms with van der Waals surface area (Å²) in [6.07, 6.45) is 0. The maximum absolute atomic E-state index is 9.12. The van der Waals surface area contributed by atoms with E-state index in [4.69, 9.17) is 9.84 Å². The van der Waals surface area contributed by atoms with Crippen LogP contribution in [0.4, 0.5) is 0 Å². The van der Waals surface area contributed by atoms with E-state index in [1.54, 1.807) is 0 Å². The topological polar surface area (TPSA) is 29.5 Å². The van der Waals surface area contributed by atoms with Gasteiger partial charge in [0.05, 0.1) is 13.2 Å². The first kappa shape index (κ1) is 10.5. The van der Waals surface area contributed by atoms with E-state index in [0.717, 1.165) is 21.3 Å². The van der Waals surface area contributed by atoms with Gasteiger partial charge in [-0.3, -0.25) is 0 Å². The van der Waals surface area contributed by atoms with Gasteiger partial charge in [0, 0.05) is 10.0 Å². The van der Waals surface area contributed by atoms with Crippen LogP contribution in [0.2, 0.25) is 0 Å². The molecule has 1 aromatic carbocycles. The molecule has 0 fully saturated rings. The Balaban J connectivity index is 3.13. The van der Waals surface area contributed by atoms with Crippen molar-refractivity contribution < 1.29 is 9.84 Å².